The molecule has 0 radical (unpaired) electrons. The van der Waals surface area contributed by atoms with Crippen LogP contribution in [0.15, 0.2) is 18.2 Å². The molecule has 80 valence electrons. The molecule has 2 rings (SSSR count). The van der Waals surface area contributed by atoms with E-state index in [9.17, 15) is 4.79 Å². The summed E-state index contributed by atoms with van der Waals surface area (Å²) < 4.78 is 5.44. The Morgan fingerprint density at radius 2 is 2.27 bits per heavy atom. The smallest absolute Gasteiger partial charge is 0.267 e. The van der Waals surface area contributed by atoms with Gasteiger partial charge in [-0.05, 0) is 24.6 Å². The average Bonchev–Trinajstić information content (AvgIpc) is 2.26. The fourth-order valence-electron chi connectivity index (χ4n) is 1.66. The number of anilines is 1. The summed E-state index contributed by atoms with van der Waals surface area (Å²) in [6.07, 6.45) is -0.442. The minimum atomic E-state index is -0.442. The number of carbonyl (C=O) groups is 1. The number of rotatable bonds is 1. The second-order valence-electron chi connectivity index (χ2n) is 3.62. The summed E-state index contributed by atoms with van der Waals surface area (Å²) in [5.74, 6) is 0.611. The van der Waals surface area contributed by atoms with Gasteiger partial charge in [0.1, 0.15) is 5.75 Å². The van der Waals surface area contributed by atoms with Crippen molar-refractivity contribution in [2.45, 2.75) is 19.6 Å². The SMILES string of the molecule is CC1Oc2ccc(CO)cc2N(C)C1=O. The summed E-state index contributed by atoms with van der Waals surface area (Å²) >= 11 is 0. The molecule has 15 heavy (non-hydrogen) atoms. The number of amides is 1. The van der Waals surface area contributed by atoms with Gasteiger partial charge in [0.2, 0.25) is 0 Å². The van der Waals surface area contributed by atoms with Crippen molar-refractivity contribution in [2.75, 3.05) is 11.9 Å². The second kappa shape index (κ2) is 3.55. The normalized spacial score (nSPS) is 19.8. The highest BCUT2D eigenvalue weighted by atomic mass is 16.5. The van der Waals surface area contributed by atoms with Crippen LogP contribution in [-0.4, -0.2) is 24.2 Å². The van der Waals surface area contributed by atoms with E-state index in [4.69, 9.17) is 9.84 Å². The molecule has 4 heteroatoms. The van der Waals surface area contributed by atoms with E-state index in [1.165, 1.54) is 0 Å². The number of aliphatic hydroxyl groups excluding tert-OH is 1. The Morgan fingerprint density at radius 1 is 1.53 bits per heavy atom. The van der Waals surface area contributed by atoms with Gasteiger partial charge in [-0.15, -0.1) is 0 Å². The fraction of sp³-hybridized carbons (Fsp3) is 0.364. The van der Waals surface area contributed by atoms with E-state index >= 15 is 0 Å². The quantitative estimate of drug-likeness (QED) is 0.745. The molecule has 0 fully saturated rings. The Balaban J connectivity index is 2.47. The fourth-order valence-corrected chi connectivity index (χ4v) is 1.66. The Morgan fingerprint density at radius 3 is 2.93 bits per heavy atom. The van der Waals surface area contributed by atoms with Gasteiger partial charge in [0.15, 0.2) is 6.10 Å². The summed E-state index contributed by atoms with van der Waals surface area (Å²) in [6.45, 7) is 1.69. The van der Waals surface area contributed by atoms with E-state index in [2.05, 4.69) is 0 Å². The van der Waals surface area contributed by atoms with Crippen molar-refractivity contribution in [3.8, 4) is 5.75 Å². The van der Waals surface area contributed by atoms with Crippen molar-refractivity contribution in [3.05, 3.63) is 23.8 Å². The third-order valence-electron chi connectivity index (χ3n) is 2.55. The second-order valence-corrected chi connectivity index (χ2v) is 3.62. The minimum Gasteiger partial charge on any atom is -0.479 e. The van der Waals surface area contributed by atoms with Gasteiger partial charge < -0.3 is 14.7 Å². The van der Waals surface area contributed by atoms with Crippen molar-refractivity contribution in [1.82, 2.24) is 0 Å². The van der Waals surface area contributed by atoms with Gasteiger partial charge in [-0.25, -0.2) is 0 Å². The van der Waals surface area contributed by atoms with Crippen LogP contribution < -0.4 is 9.64 Å². The summed E-state index contributed by atoms with van der Waals surface area (Å²) in [5.41, 5.74) is 1.48. The van der Waals surface area contributed by atoms with Crippen LogP contribution in [0.5, 0.6) is 5.75 Å². The maximum absolute atomic E-state index is 11.6. The summed E-state index contributed by atoms with van der Waals surface area (Å²) in [7, 11) is 1.71. The highest BCUT2D eigenvalue weighted by molar-refractivity contribution is 5.99. The number of hydrogen-bond donors (Lipinski definition) is 1. The third-order valence-corrected chi connectivity index (χ3v) is 2.55. The first kappa shape index (κ1) is 9.98. The number of benzene rings is 1. The highest BCUT2D eigenvalue weighted by Gasteiger charge is 2.28. The zero-order chi connectivity index (χ0) is 11.0. The molecule has 0 saturated heterocycles. The maximum atomic E-state index is 11.6. The number of fused-ring (bicyclic) bond motifs is 1. The molecule has 0 bridgehead atoms. The molecule has 1 amide bonds. The number of carbonyl (C=O) groups excluding carboxylic acids is 1. The van der Waals surface area contributed by atoms with Crippen LogP contribution in [-0.2, 0) is 11.4 Å². The van der Waals surface area contributed by atoms with E-state index in [0.29, 0.717) is 11.4 Å². The molecule has 0 spiro atoms. The molecule has 1 aliphatic heterocycles. The van der Waals surface area contributed by atoms with E-state index in [1.54, 1.807) is 37.1 Å². The Labute approximate surface area is 88.1 Å². The molecule has 0 aromatic heterocycles. The van der Waals surface area contributed by atoms with E-state index < -0.39 is 6.10 Å². The van der Waals surface area contributed by atoms with Crippen molar-refractivity contribution >= 4 is 11.6 Å². The molecule has 0 saturated carbocycles. The first-order valence-electron chi connectivity index (χ1n) is 4.81. The van der Waals surface area contributed by atoms with E-state index in [0.717, 1.165) is 5.56 Å². The topological polar surface area (TPSA) is 49.8 Å². The molecule has 1 aromatic rings. The summed E-state index contributed by atoms with van der Waals surface area (Å²) in [6, 6.07) is 5.33. The minimum absolute atomic E-state index is 0.0368. The van der Waals surface area contributed by atoms with Crippen molar-refractivity contribution < 1.29 is 14.6 Å². The average molecular weight is 207 g/mol. The first-order chi connectivity index (χ1) is 7.13. The lowest BCUT2D eigenvalue weighted by Gasteiger charge is -2.30. The van der Waals surface area contributed by atoms with Gasteiger partial charge in [0.25, 0.3) is 5.91 Å². The summed E-state index contributed by atoms with van der Waals surface area (Å²) in [4.78, 5) is 13.2. The predicted octanol–water partition coefficient (Wildman–Crippen LogP) is 0.923. The number of likely N-dealkylation sites (N-methyl/N-ethyl adjacent to an activating group) is 1. The maximum Gasteiger partial charge on any atom is 0.267 e. The Hall–Kier alpha value is -1.55. The lowest BCUT2D eigenvalue weighted by Crippen LogP contribution is -2.41. The molecule has 1 aromatic carbocycles. The number of hydrogen-bond acceptors (Lipinski definition) is 3. The van der Waals surface area contributed by atoms with E-state index in [1.807, 2.05) is 0 Å². The van der Waals surface area contributed by atoms with Crippen molar-refractivity contribution in [3.63, 3.8) is 0 Å². The molecule has 1 heterocycles. The van der Waals surface area contributed by atoms with E-state index in [-0.39, 0.29) is 12.5 Å². The molecule has 1 aliphatic rings. The first-order valence-corrected chi connectivity index (χ1v) is 4.81. The van der Waals surface area contributed by atoms with Gasteiger partial charge in [0.05, 0.1) is 12.3 Å². The Bertz CT molecular complexity index is 403. The lowest BCUT2D eigenvalue weighted by molar-refractivity contribution is -0.125. The zero-order valence-corrected chi connectivity index (χ0v) is 8.73. The van der Waals surface area contributed by atoms with Crippen LogP contribution in [0.2, 0.25) is 0 Å². The zero-order valence-electron chi connectivity index (χ0n) is 8.73. The van der Waals surface area contributed by atoms with Crippen LogP contribution in [0.4, 0.5) is 5.69 Å². The molecule has 4 nitrogen and oxygen atoms in total. The lowest BCUT2D eigenvalue weighted by atomic mass is 10.1. The van der Waals surface area contributed by atoms with Crippen LogP contribution in [0.25, 0.3) is 0 Å². The standard InChI is InChI=1S/C11H13NO3/c1-7-11(14)12(2)9-5-8(6-13)3-4-10(9)15-7/h3-5,7,13H,6H2,1-2H3. The van der Waals surface area contributed by atoms with Gasteiger partial charge in [-0.3, -0.25) is 4.79 Å². The largest absolute Gasteiger partial charge is 0.479 e. The Kier molecular flexibility index (Phi) is 2.36. The molecule has 1 unspecified atom stereocenters. The van der Waals surface area contributed by atoms with Crippen LogP contribution >= 0.6 is 0 Å². The van der Waals surface area contributed by atoms with Gasteiger partial charge in [-0.1, -0.05) is 6.07 Å². The highest BCUT2D eigenvalue weighted by Crippen LogP contribution is 2.33. The number of nitrogens with zero attached hydrogens (tertiary/aromatic N) is 1. The van der Waals surface area contributed by atoms with Crippen molar-refractivity contribution in [1.29, 1.82) is 0 Å². The van der Waals surface area contributed by atoms with Crippen molar-refractivity contribution in [2.24, 2.45) is 0 Å². The molecule has 1 N–H and O–H groups in total. The van der Waals surface area contributed by atoms with Gasteiger partial charge in [0, 0.05) is 7.05 Å². The van der Waals surface area contributed by atoms with Gasteiger partial charge in [-0.2, -0.15) is 0 Å². The number of ether oxygens (including phenoxy) is 1. The summed E-state index contributed by atoms with van der Waals surface area (Å²) in [5, 5.41) is 9.00. The predicted molar refractivity (Wildman–Crippen MR) is 55.9 cm³/mol. The monoisotopic (exact) mass is 207 g/mol. The van der Waals surface area contributed by atoms with Crippen LogP contribution in [0.1, 0.15) is 12.5 Å². The number of aliphatic hydroxyl groups is 1. The van der Waals surface area contributed by atoms with Crippen LogP contribution in [0.3, 0.4) is 0 Å². The molecule has 0 aliphatic carbocycles. The molecule has 1 atom stereocenters. The third kappa shape index (κ3) is 1.57. The molecular weight excluding hydrogens is 194 g/mol. The molecular formula is C11H13NO3. The van der Waals surface area contributed by atoms with Crippen LogP contribution in [0, 0.1) is 0 Å². The van der Waals surface area contributed by atoms with Gasteiger partial charge >= 0.3 is 0 Å².